The number of sulfonamides is 1. The van der Waals surface area contributed by atoms with Crippen LogP contribution in [-0.2, 0) is 10.0 Å². The van der Waals surface area contributed by atoms with Gasteiger partial charge in [0.05, 0.1) is 18.0 Å². The predicted molar refractivity (Wildman–Crippen MR) is 141 cm³/mol. The highest BCUT2D eigenvalue weighted by molar-refractivity contribution is 7.89. The fourth-order valence-corrected chi connectivity index (χ4v) is 7.78. The zero-order chi connectivity index (χ0) is 24.0. The first-order valence-electron chi connectivity index (χ1n) is 12.7. The second kappa shape index (κ2) is 8.99. The van der Waals surface area contributed by atoms with E-state index in [1.165, 1.54) is 16.3 Å². The smallest absolute Gasteiger partial charge is 0.243 e. The van der Waals surface area contributed by atoms with Crippen LogP contribution in [0.2, 0.25) is 0 Å². The van der Waals surface area contributed by atoms with E-state index in [0.717, 1.165) is 49.1 Å². The normalized spacial score (nSPS) is 24.4. The summed E-state index contributed by atoms with van der Waals surface area (Å²) in [6, 6.07) is 18.3. The summed E-state index contributed by atoms with van der Waals surface area (Å²) >= 11 is 0. The number of hydrogen-bond acceptors (Lipinski definition) is 4. The molecule has 2 aliphatic heterocycles. The Hall–Kier alpha value is -2.83. The first-order valence-corrected chi connectivity index (χ1v) is 14.1. The second-order valence-electron chi connectivity index (χ2n) is 9.95. The summed E-state index contributed by atoms with van der Waals surface area (Å²) in [4.78, 5) is 0.417. The predicted octanol–water partition coefficient (Wildman–Crippen LogP) is 6.24. The van der Waals surface area contributed by atoms with Gasteiger partial charge in [0.1, 0.15) is 5.75 Å². The van der Waals surface area contributed by atoms with E-state index in [9.17, 15) is 8.42 Å². The summed E-state index contributed by atoms with van der Waals surface area (Å²) in [5.41, 5.74) is 3.26. The molecule has 0 bridgehead atoms. The van der Waals surface area contributed by atoms with Crippen LogP contribution in [0.25, 0.3) is 10.8 Å². The monoisotopic (exact) mass is 488 g/mol. The van der Waals surface area contributed by atoms with Crippen molar-refractivity contribution in [1.82, 2.24) is 4.31 Å². The third kappa shape index (κ3) is 3.83. The Morgan fingerprint density at radius 3 is 2.57 bits per heavy atom. The SMILES string of the molecule is COc1ccc2ccccc2c1C1Nc2ccc(S(=O)(=O)N3CCCCCC3)cc2C2C=CCC21. The molecule has 182 valence electrons. The molecule has 1 aliphatic carbocycles. The number of allylic oxidation sites excluding steroid dienone is 2. The zero-order valence-corrected chi connectivity index (χ0v) is 20.9. The molecule has 3 unspecified atom stereocenters. The van der Waals surface area contributed by atoms with Gasteiger partial charge in [0.15, 0.2) is 0 Å². The Morgan fingerprint density at radius 2 is 1.77 bits per heavy atom. The van der Waals surface area contributed by atoms with Gasteiger partial charge >= 0.3 is 0 Å². The van der Waals surface area contributed by atoms with Crippen molar-refractivity contribution in [2.75, 3.05) is 25.5 Å². The van der Waals surface area contributed by atoms with Crippen LogP contribution in [0.4, 0.5) is 5.69 Å². The minimum atomic E-state index is -3.49. The Bertz CT molecular complexity index is 1390. The average Bonchev–Trinajstić information content (AvgIpc) is 3.22. The molecule has 6 heteroatoms. The Labute approximate surface area is 207 Å². The lowest BCUT2D eigenvalue weighted by atomic mass is 9.76. The molecule has 5 nitrogen and oxygen atoms in total. The highest BCUT2D eigenvalue weighted by atomic mass is 32.2. The van der Waals surface area contributed by atoms with Crippen LogP contribution in [0, 0.1) is 5.92 Å². The van der Waals surface area contributed by atoms with Crippen molar-refractivity contribution < 1.29 is 13.2 Å². The molecule has 1 fully saturated rings. The number of anilines is 1. The maximum absolute atomic E-state index is 13.5. The van der Waals surface area contributed by atoms with Gasteiger partial charge in [0.25, 0.3) is 0 Å². The van der Waals surface area contributed by atoms with Crippen LogP contribution in [0.1, 0.15) is 55.2 Å². The summed E-state index contributed by atoms with van der Waals surface area (Å²) in [5, 5.41) is 6.18. The fourth-order valence-electron chi connectivity index (χ4n) is 6.22. The molecule has 0 saturated carbocycles. The first kappa shape index (κ1) is 22.6. The maximum atomic E-state index is 13.5. The van der Waals surface area contributed by atoms with E-state index in [4.69, 9.17) is 4.74 Å². The number of fused-ring (bicyclic) bond motifs is 4. The van der Waals surface area contributed by atoms with Crippen LogP contribution in [0.5, 0.6) is 5.75 Å². The number of methoxy groups -OCH3 is 1. The van der Waals surface area contributed by atoms with Gasteiger partial charge < -0.3 is 10.1 Å². The summed E-state index contributed by atoms with van der Waals surface area (Å²) in [6.45, 7) is 1.24. The number of benzene rings is 3. The van der Waals surface area contributed by atoms with Crippen molar-refractivity contribution in [2.45, 2.75) is 49.0 Å². The van der Waals surface area contributed by atoms with E-state index in [-0.39, 0.29) is 12.0 Å². The molecule has 0 radical (unpaired) electrons. The van der Waals surface area contributed by atoms with E-state index in [1.807, 2.05) is 12.1 Å². The van der Waals surface area contributed by atoms with E-state index in [1.54, 1.807) is 17.5 Å². The van der Waals surface area contributed by atoms with Gasteiger partial charge in [0.2, 0.25) is 10.0 Å². The highest BCUT2D eigenvalue weighted by Gasteiger charge is 2.40. The van der Waals surface area contributed by atoms with Gasteiger partial charge in [-0.15, -0.1) is 0 Å². The fraction of sp³-hybridized carbons (Fsp3) is 0.379. The van der Waals surface area contributed by atoms with Crippen LogP contribution in [0.15, 0.2) is 71.6 Å². The lowest BCUT2D eigenvalue weighted by Crippen LogP contribution is -2.33. The van der Waals surface area contributed by atoms with Gasteiger partial charge in [-0.05, 0) is 65.8 Å². The Morgan fingerprint density at radius 1 is 0.971 bits per heavy atom. The van der Waals surface area contributed by atoms with E-state index >= 15 is 0 Å². The Balaban J connectivity index is 1.42. The van der Waals surface area contributed by atoms with Crippen molar-refractivity contribution in [1.29, 1.82) is 0 Å². The molecular weight excluding hydrogens is 456 g/mol. The minimum absolute atomic E-state index is 0.0663. The molecule has 3 atom stereocenters. The molecule has 0 spiro atoms. The lowest BCUT2D eigenvalue weighted by Gasteiger charge is -2.38. The van der Waals surface area contributed by atoms with Gasteiger partial charge in [-0.25, -0.2) is 8.42 Å². The third-order valence-corrected chi connectivity index (χ3v) is 9.89. The summed E-state index contributed by atoms with van der Waals surface area (Å²) < 4.78 is 34.5. The molecule has 35 heavy (non-hydrogen) atoms. The molecule has 3 aromatic rings. The topological polar surface area (TPSA) is 58.6 Å². The van der Waals surface area contributed by atoms with Crippen LogP contribution in [-0.4, -0.2) is 32.9 Å². The molecule has 0 amide bonds. The number of ether oxygens (including phenoxy) is 1. The molecule has 1 saturated heterocycles. The van der Waals surface area contributed by atoms with E-state index < -0.39 is 10.0 Å². The van der Waals surface area contributed by atoms with Crippen molar-refractivity contribution >= 4 is 26.5 Å². The Kier molecular flexibility index (Phi) is 5.81. The summed E-state index contributed by atoms with van der Waals surface area (Å²) in [6.07, 6.45) is 9.53. The van der Waals surface area contributed by atoms with Crippen LogP contribution < -0.4 is 10.1 Å². The molecule has 6 rings (SSSR count). The molecular formula is C29H32N2O3S. The number of hydrogen-bond donors (Lipinski definition) is 1. The van der Waals surface area contributed by atoms with Crippen LogP contribution in [0.3, 0.4) is 0 Å². The van der Waals surface area contributed by atoms with Gasteiger partial charge in [-0.3, -0.25) is 0 Å². The van der Waals surface area contributed by atoms with Crippen LogP contribution >= 0.6 is 0 Å². The maximum Gasteiger partial charge on any atom is 0.243 e. The quantitative estimate of drug-likeness (QED) is 0.442. The first-order chi connectivity index (χ1) is 17.1. The molecule has 1 N–H and O–H groups in total. The molecule has 3 aromatic carbocycles. The largest absolute Gasteiger partial charge is 0.496 e. The third-order valence-electron chi connectivity index (χ3n) is 8.00. The number of nitrogens with zero attached hydrogens (tertiary/aromatic N) is 1. The molecule has 3 aliphatic rings. The number of nitrogens with one attached hydrogen (secondary N) is 1. The van der Waals surface area contributed by atoms with Crippen molar-refractivity contribution in [3.05, 3.63) is 77.9 Å². The van der Waals surface area contributed by atoms with Crippen molar-refractivity contribution in [3.8, 4) is 5.75 Å². The standard InChI is InChI=1S/C29H32N2O3S/c1-34-27-16-13-20-9-4-5-10-22(20)28(27)29-24-12-8-11-23(24)25-19-21(14-15-26(25)30-29)35(32,33)31-17-6-2-3-7-18-31/h4-5,8-11,13-16,19,23-24,29-30H,2-3,6-7,12,17-18H2,1H3. The lowest BCUT2D eigenvalue weighted by molar-refractivity contribution is 0.383. The second-order valence-corrected chi connectivity index (χ2v) is 11.9. The minimum Gasteiger partial charge on any atom is -0.496 e. The van der Waals surface area contributed by atoms with E-state index in [0.29, 0.717) is 23.9 Å². The van der Waals surface area contributed by atoms with E-state index in [2.05, 4.69) is 53.9 Å². The van der Waals surface area contributed by atoms with Gasteiger partial charge in [0, 0.05) is 30.3 Å². The van der Waals surface area contributed by atoms with Crippen molar-refractivity contribution in [2.24, 2.45) is 5.92 Å². The summed E-state index contributed by atoms with van der Waals surface area (Å²) in [7, 11) is -1.76. The average molecular weight is 489 g/mol. The van der Waals surface area contributed by atoms with Crippen molar-refractivity contribution in [3.63, 3.8) is 0 Å². The molecule has 0 aromatic heterocycles. The zero-order valence-electron chi connectivity index (χ0n) is 20.1. The molecule has 2 heterocycles. The highest BCUT2D eigenvalue weighted by Crippen LogP contribution is 2.52. The number of rotatable bonds is 4. The van der Waals surface area contributed by atoms with Gasteiger partial charge in [-0.1, -0.05) is 55.3 Å². The summed E-state index contributed by atoms with van der Waals surface area (Å²) in [5.74, 6) is 1.34. The van der Waals surface area contributed by atoms with Gasteiger partial charge in [-0.2, -0.15) is 4.31 Å².